The summed E-state index contributed by atoms with van der Waals surface area (Å²) in [7, 11) is 0. The van der Waals surface area contributed by atoms with Crippen molar-refractivity contribution in [3.8, 4) is 43.8 Å². The molecular formula is C44H28S. The van der Waals surface area contributed by atoms with Crippen LogP contribution in [0.25, 0.3) is 86.2 Å². The summed E-state index contributed by atoms with van der Waals surface area (Å²) >= 11 is 1.86. The first-order valence-corrected chi connectivity index (χ1v) is 16.2. The van der Waals surface area contributed by atoms with Gasteiger partial charge in [-0.25, -0.2) is 0 Å². The van der Waals surface area contributed by atoms with Gasteiger partial charge in [0.2, 0.25) is 0 Å². The van der Waals surface area contributed by atoms with E-state index in [1.807, 2.05) is 11.3 Å². The third-order valence-corrected chi connectivity index (χ3v) is 10.2. The number of hydrogen-bond donors (Lipinski definition) is 0. The Bertz CT molecular complexity index is 2450. The van der Waals surface area contributed by atoms with E-state index in [1.165, 1.54) is 86.2 Å². The van der Waals surface area contributed by atoms with E-state index >= 15 is 0 Å². The molecule has 210 valence electrons. The lowest BCUT2D eigenvalue weighted by atomic mass is 9.85. The molecule has 0 unspecified atom stereocenters. The number of benzene rings is 8. The van der Waals surface area contributed by atoms with E-state index < -0.39 is 0 Å². The molecule has 0 spiro atoms. The van der Waals surface area contributed by atoms with Crippen LogP contribution in [0.4, 0.5) is 0 Å². The first-order valence-electron chi connectivity index (χ1n) is 15.4. The summed E-state index contributed by atoms with van der Waals surface area (Å²) in [5.74, 6) is 0. The number of fused-ring (bicyclic) bond motifs is 4. The van der Waals surface area contributed by atoms with Gasteiger partial charge in [0.05, 0.1) is 0 Å². The summed E-state index contributed by atoms with van der Waals surface area (Å²) in [5, 5.41) is 8.93. The molecule has 0 atom stereocenters. The largest absolute Gasteiger partial charge is 0.135 e. The second-order valence-corrected chi connectivity index (χ2v) is 12.8. The quantitative estimate of drug-likeness (QED) is 0.179. The van der Waals surface area contributed by atoms with Crippen molar-refractivity contribution in [2.75, 3.05) is 0 Å². The Balaban J connectivity index is 1.27. The van der Waals surface area contributed by atoms with Gasteiger partial charge in [-0.15, -0.1) is 11.3 Å². The summed E-state index contributed by atoms with van der Waals surface area (Å²) in [6.07, 6.45) is 0. The van der Waals surface area contributed by atoms with Gasteiger partial charge >= 0.3 is 0 Å². The molecule has 0 aliphatic heterocycles. The van der Waals surface area contributed by atoms with Gasteiger partial charge in [-0.3, -0.25) is 0 Å². The molecule has 0 radical (unpaired) electrons. The van der Waals surface area contributed by atoms with Gasteiger partial charge in [-0.1, -0.05) is 146 Å². The van der Waals surface area contributed by atoms with Crippen molar-refractivity contribution in [2.24, 2.45) is 0 Å². The number of thiophene rings is 1. The van der Waals surface area contributed by atoms with Gasteiger partial charge < -0.3 is 0 Å². The highest BCUT2D eigenvalue weighted by atomic mass is 32.1. The molecule has 1 heterocycles. The Morgan fingerprint density at radius 1 is 0.311 bits per heavy atom. The first-order chi connectivity index (χ1) is 22.3. The van der Waals surface area contributed by atoms with E-state index in [-0.39, 0.29) is 0 Å². The van der Waals surface area contributed by atoms with Crippen LogP contribution in [0.2, 0.25) is 0 Å². The molecule has 0 amide bonds. The van der Waals surface area contributed by atoms with Crippen molar-refractivity contribution >= 4 is 53.7 Å². The highest BCUT2D eigenvalue weighted by molar-refractivity contribution is 7.22. The van der Waals surface area contributed by atoms with Gasteiger partial charge in [0.1, 0.15) is 0 Å². The average Bonchev–Trinajstić information content (AvgIpc) is 3.55. The molecule has 0 nitrogen and oxygen atoms in total. The fourth-order valence-corrected chi connectivity index (χ4v) is 8.08. The van der Waals surface area contributed by atoms with Gasteiger partial charge in [0, 0.05) is 9.58 Å². The van der Waals surface area contributed by atoms with Gasteiger partial charge in [0.25, 0.3) is 0 Å². The number of hydrogen-bond acceptors (Lipinski definition) is 1. The molecule has 0 saturated carbocycles. The molecule has 0 aliphatic carbocycles. The van der Waals surface area contributed by atoms with Crippen LogP contribution in [-0.2, 0) is 0 Å². The summed E-state index contributed by atoms with van der Waals surface area (Å²) in [6.45, 7) is 0. The Labute approximate surface area is 266 Å². The minimum Gasteiger partial charge on any atom is -0.135 e. The molecule has 9 aromatic rings. The van der Waals surface area contributed by atoms with Crippen molar-refractivity contribution in [1.29, 1.82) is 0 Å². The van der Waals surface area contributed by atoms with Crippen LogP contribution < -0.4 is 0 Å². The summed E-state index contributed by atoms with van der Waals surface area (Å²) < 4.78 is 1.32. The lowest BCUT2D eigenvalue weighted by Crippen LogP contribution is -1.91. The molecule has 45 heavy (non-hydrogen) atoms. The standard InChI is InChI=1S/C44H28S/c1-3-19-35-29(12-1)14-11-24-36(35)30-15-9-17-33(26-30)43-37-20-4-6-22-39(37)44(40-23-7-5-21-38(40)43)34-18-10-16-31(27-34)42-28-32-13-2-8-25-41(32)45-42/h1-28H. The van der Waals surface area contributed by atoms with Crippen LogP contribution in [0.5, 0.6) is 0 Å². The second kappa shape index (κ2) is 10.6. The Kier molecular flexibility index (Phi) is 6.11. The molecule has 8 aromatic carbocycles. The van der Waals surface area contributed by atoms with Crippen molar-refractivity contribution in [3.05, 3.63) is 170 Å². The zero-order valence-electron chi connectivity index (χ0n) is 24.6. The van der Waals surface area contributed by atoms with Crippen LogP contribution in [0.3, 0.4) is 0 Å². The highest BCUT2D eigenvalue weighted by Crippen LogP contribution is 2.45. The summed E-state index contributed by atoms with van der Waals surface area (Å²) in [6, 6.07) is 62.3. The average molecular weight is 589 g/mol. The summed E-state index contributed by atoms with van der Waals surface area (Å²) in [4.78, 5) is 1.30. The lowest BCUT2D eigenvalue weighted by Gasteiger charge is -2.18. The van der Waals surface area contributed by atoms with Crippen LogP contribution >= 0.6 is 11.3 Å². The third kappa shape index (κ3) is 4.36. The topological polar surface area (TPSA) is 0 Å². The minimum absolute atomic E-state index is 1.23. The fourth-order valence-electron chi connectivity index (χ4n) is 7.02. The van der Waals surface area contributed by atoms with Crippen molar-refractivity contribution < 1.29 is 0 Å². The maximum Gasteiger partial charge on any atom is 0.0355 e. The van der Waals surface area contributed by atoms with E-state index in [2.05, 4.69) is 170 Å². The molecule has 9 rings (SSSR count). The molecule has 0 N–H and O–H groups in total. The second-order valence-electron chi connectivity index (χ2n) is 11.7. The Morgan fingerprint density at radius 2 is 0.778 bits per heavy atom. The molecule has 1 heteroatoms. The highest BCUT2D eigenvalue weighted by Gasteiger charge is 2.18. The SMILES string of the molecule is c1cc(-c2cc3ccccc3s2)cc(-c2c3ccccc3c(-c3cccc(-c4cccc5ccccc45)c3)c3ccccc23)c1. The lowest BCUT2D eigenvalue weighted by molar-refractivity contribution is 1.63. The fraction of sp³-hybridized carbons (Fsp3) is 0. The smallest absolute Gasteiger partial charge is 0.0355 e. The Morgan fingerprint density at radius 3 is 1.42 bits per heavy atom. The van der Waals surface area contributed by atoms with Gasteiger partial charge in [-0.05, 0) is 101 Å². The molecule has 0 saturated heterocycles. The van der Waals surface area contributed by atoms with Crippen molar-refractivity contribution in [3.63, 3.8) is 0 Å². The molecule has 0 fully saturated rings. The zero-order valence-corrected chi connectivity index (χ0v) is 25.4. The predicted molar refractivity (Wildman–Crippen MR) is 196 cm³/mol. The maximum atomic E-state index is 2.37. The molecular weight excluding hydrogens is 561 g/mol. The van der Waals surface area contributed by atoms with Crippen LogP contribution in [0.15, 0.2) is 170 Å². The monoisotopic (exact) mass is 588 g/mol. The summed E-state index contributed by atoms with van der Waals surface area (Å²) in [5.41, 5.74) is 8.81. The van der Waals surface area contributed by atoms with E-state index in [9.17, 15) is 0 Å². The van der Waals surface area contributed by atoms with Gasteiger partial charge in [0.15, 0.2) is 0 Å². The van der Waals surface area contributed by atoms with E-state index in [1.54, 1.807) is 0 Å². The first kappa shape index (κ1) is 25.9. The molecule has 0 bridgehead atoms. The van der Waals surface area contributed by atoms with E-state index in [4.69, 9.17) is 0 Å². The van der Waals surface area contributed by atoms with E-state index in [0.717, 1.165) is 0 Å². The van der Waals surface area contributed by atoms with Crippen LogP contribution in [0, 0.1) is 0 Å². The van der Waals surface area contributed by atoms with E-state index in [0.29, 0.717) is 0 Å². The minimum atomic E-state index is 1.23. The maximum absolute atomic E-state index is 2.37. The van der Waals surface area contributed by atoms with Crippen molar-refractivity contribution in [1.82, 2.24) is 0 Å². The zero-order chi connectivity index (χ0) is 29.7. The molecule has 1 aromatic heterocycles. The molecule has 0 aliphatic rings. The normalized spacial score (nSPS) is 11.6. The predicted octanol–water partition coefficient (Wildman–Crippen LogP) is 13.0. The van der Waals surface area contributed by atoms with Crippen LogP contribution in [0.1, 0.15) is 0 Å². The van der Waals surface area contributed by atoms with Crippen molar-refractivity contribution in [2.45, 2.75) is 0 Å². The third-order valence-electron chi connectivity index (χ3n) is 9.04. The van der Waals surface area contributed by atoms with Crippen LogP contribution in [-0.4, -0.2) is 0 Å². The Hall–Kier alpha value is -5.50. The van der Waals surface area contributed by atoms with Gasteiger partial charge in [-0.2, -0.15) is 0 Å². The number of rotatable bonds is 4.